The maximum absolute atomic E-state index is 12.1. The zero-order valence-electron chi connectivity index (χ0n) is 14.5. The molecule has 1 aromatic carbocycles. The molecule has 2 aromatic rings. The fourth-order valence-corrected chi connectivity index (χ4v) is 2.84. The van der Waals surface area contributed by atoms with Crippen LogP contribution in [0, 0.1) is 0 Å². The van der Waals surface area contributed by atoms with Crippen LogP contribution >= 0.6 is 0 Å². The van der Waals surface area contributed by atoms with E-state index in [-0.39, 0.29) is 11.8 Å². The van der Waals surface area contributed by atoms with Crippen molar-refractivity contribution < 1.29 is 13.9 Å². The summed E-state index contributed by atoms with van der Waals surface area (Å²) in [6, 6.07) is 5.71. The van der Waals surface area contributed by atoms with Gasteiger partial charge in [-0.15, -0.1) is 0 Å². The smallest absolute Gasteiger partial charge is 0.419 e. The lowest BCUT2D eigenvalue weighted by atomic mass is 10.2. The number of carbonyl (C=O) groups excluding carboxylic acids is 1. The largest absolute Gasteiger partial charge is 0.444 e. The number of ether oxygens (including phenoxy) is 1. The molecule has 0 spiro atoms. The molecule has 1 aliphatic rings. The van der Waals surface area contributed by atoms with Crippen LogP contribution < -0.4 is 10.7 Å². The summed E-state index contributed by atoms with van der Waals surface area (Å²) in [7, 11) is 1.69. The van der Waals surface area contributed by atoms with Gasteiger partial charge in [0.15, 0.2) is 5.58 Å². The minimum absolute atomic E-state index is 0.286. The molecule has 0 saturated carbocycles. The van der Waals surface area contributed by atoms with Crippen LogP contribution in [0.3, 0.4) is 0 Å². The molecule has 7 heteroatoms. The van der Waals surface area contributed by atoms with Gasteiger partial charge in [0.05, 0.1) is 11.2 Å². The number of para-hydroxylation sites is 1. The van der Waals surface area contributed by atoms with E-state index in [9.17, 15) is 9.59 Å². The van der Waals surface area contributed by atoms with Crippen molar-refractivity contribution in [1.29, 1.82) is 0 Å². The zero-order valence-corrected chi connectivity index (χ0v) is 14.5. The Morgan fingerprint density at radius 1 is 1.17 bits per heavy atom. The number of anilines is 1. The summed E-state index contributed by atoms with van der Waals surface area (Å²) < 4.78 is 12.3. The van der Waals surface area contributed by atoms with Crippen LogP contribution in [0.5, 0.6) is 0 Å². The van der Waals surface area contributed by atoms with Crippen molar-refractivity contribution in [2.45, 2.75) is 26.4 Å². The number of aromatic nitrogens is 1. The highest BCUT2D eigenvalue weighted by Gasteiger charge is 2.27. The number of carbonyl (C=O) groups is 1. The van der Waals surface area contributed by atoms with Gasteiger partial charge in [-0.2, -0.15) is 0 Å². The molecule has 1 aromatic heterocycles. The summed E-state index contributed by atoms with van der Waals surface area (Å²) in [6.45, 7) is 8.05. The van der Waals surface area contributed by atoms with Gasteiger partial charge in [0.1, 0.15) is 5.60 Å². The second-order valence-electron chi connectivity index (χ2n) is 7.01. The molecular weight excluding hydrogens is 310 g/mol. The number of aryl methyl sites for hydroxylation is 1. The van der Waals surface area contributed by atoms with Crippen LogP contribution in [0.15, 0.2) is 27.4 Å². The normalized spacial score (nSPS) is 15.8. The minimum Gasteiger partial charge on any atom is -0.444 e. The first-order chi connectivity index (χ1) is 11.3. The van der Waals surface area contributed by atoms with E-state index >= 15 is 0 Å². The summed E-state index contributed by atoms with van der Waals surface area (Å²) in [5.41, 5.74) is 1.75. The maximum Gasteiger partial charge on any atom is 0.419 e. The predicted octanol–water partition coefficient (Wildman–Crippen LogP) is 2.19. The first-order valence-corrected chi connectivity index (χ1v) is 8.08. The molecule has 0 atom stereocenters. The van der Waals surface area contributed by atoms with Crippen LogP contribution in [-0.2, 0) is 11.8 Å². The third-order valence-corrected chi connectivity index (χ3v) is 4.07. The van der Waals surface area contributed by atoms with Crippen LogP contribution in [0.25, 0.3) is 11.1 Å². The fourth-order valence-electron chi connectivity index (χ4n) is 2.84. The summed E-state index contributed by atoms with van der Waals surface area (Å²) in [5, 5.41) is 0. The van der Waals surface area contributed by atoms with Crippen molar-refractivity contribution in [3.63, 3.8) is 0 Å². The topological polar surface area (TPSA) is 67.9 Å². The number of hydrogen-bond acceptors (Lipinski definition) is 5. The molecule has 0 unspecified atom stereocenters. The molecule has 1 amide bonds. The van der Waals surface area contributed by atoms with E-state index < -0.39 is 5.60 Å². The van der Waals surface area contributed by atoms with Crippen molar-refractivity contribution in [2.75, 3.05) is 31.1 Å². The molecule has 0 bridgehead atoms. The molecule has 1 aliphatic heterocycles. The Morgan fingerprint density at radius 2 is 1.83 bits per heavy atom. The highest BCUT2D eigenvalue weighted by atomic mass is 16.6. The Morgan fingerprint density at radius 3 is 2.46 bits per heavy atom. The van der Waals surface area contributed by atoms with Crippen molar-refractivity contribution in [3.05, 3.63) is 28.7 Å². The molecule has 1 fully saturated rings. The van der Waals surface area contributed by atoms with Gasteiger partial charge in [-0.05, 0) is 32.9 Å². The number of oxazole rings is 1. The molecular formula is C17H23N3O4. The number of piperazine rings is 1. The van der Waals surface area contributed by atoms with E-state index in [0.29, 0.717) is 31.8 Å². The molecule has 130 valence electrons. The van der Waals surface area contributed by atoms with Crippen LogP contribution in [0.4, 0.5) is 10.5 Å². The Kier molecular flexibility index (Phi) is 4.03. The van der Waals surface area contributed by atoms with Gasteiger partial charge in [0, 0.05) is 33.2 Å². The standard InChI is InChI=1S/C17H23N3O4/c1-17(2,3)24-16(22)20-10-8-19(9-11-20)13-7-5-6-12-14(13)23-15(21)18(12)4/h5-7H,8-11H2,1-4H3. The summed E-state index contributed by atoms with van der Waals surface area (Å²) in [4.78, 5) is 27.7. The number of fused-ring (bicyclic) bond motifs is 1. The first-order valence-electron chi connectivity index (χ1n) is 8.08. The minimum atomic E-state index is -0.493. The SMILES string of the molecule is Cn1c(=O)oc2c(N3CCN(C(=O)OC(C)(C)C)CC3)cccc21. The molecule has 7 nitrogen and oxygen atoms in total. The van der Waals surface area contributed by atoms with E-state index in [4.69, 9.17) is 9.15 Å². The van der Waals surface area contributed by atoms with E-state index in [1.807, 2.05) is 39.0 Å². The fraction of sp³-hybridized carbons (Fsp3) is 0.529. The molecule has 2 heterocycles. The maximum atomic E-state index is 12.1. The lowest BCUT2D eigenvalue weighted by Gasteiger charge is -2.36. The van der Waals surface area contributed by atoms with Crippen molar-refractivity contribution in [2.24, 2.45) is 7.05 Å². The third kappa shape index (κ3) is 3.11. The zero-order chi connectivity index (χ0) is 17.5. The van der Waals surface area contributed by atoms with Gasteiger partial charge in [-0.3, -0.25) is 4.57 Å². The summed E-state index contributed by atoms with van der Waals surface area (Å²) in [5.74, 6) is -0.371. The third-order valence-electron chi connectivity index (χ3n) is 4.07. The van der Waals surface area contributed by atoms with Gasteiger partial charge >= 0.3 is 11.8 Å². The predicted molar refractivity (Wildman–Crippen MR) is 91.5 cm³/mol. The lowest BCUT2D eigenvalue weighted by Crippen LogP contribution is -2.50. The van der Waals surface area contributed by atoms with Crippen molar-refractivity contribution in [3.8, 4) is 0 Å². The van der Waals surface area contributed by atoms with Crippen LogP contribution in [0.2, 0.25) is 0 Å². The molecule has 24 heavy (non-hydrogen) atoms. The van der Waals surface area contributed by atoms with Crippen molar-refractivity contribution in [1.82, 2.24) is 9.47 Å². The van der Waals surface area contributed by atoms with Crippen LogP contribution in [0.1, 0.15) is 20.8 Å². The number of hydrogen-bond donors (Lipinski definition) is 0. The number of nitrogens with zero attached hydrogens (tertiary/aromatic N) is 3. The van der Waals surface area contributed by atoms with Gasteiger partial charge in [0.25, 0.3) is 0 Å². The van der Waals surface area contributed by atoms with Gasteiger partial charge in [-0.25, -0.2) is 9.59 Å². The molecule has 3 rings (SSSR count). The monoisotopic (exact) mass is 333 g/mol. The van der Waals surface area contributed by atoms with Gasteiger partial charge in [0.2, 0.25) is 0 Å². The average Bonchev–Trinajstić information content (AvgIpc) is 2.81. The first kappa shape index (κ1) is 16.4. The Hall–Kier alpha value is -2.44. The highest BCUT2D eigenvalue weighted by Crippen LogP contribution is 2.27. The van der Waals surface area contributed by atoms with Crippen LogP contribution in [-0.4, -0.2) is 47.3 Å². The van der Waals surface area contributed by atoms with E-state index in [0.717, 1.165) is 11.2 Å². The Labute approximate surface area is 140 Å². The summed E-state index contributed by atoms with van der Waals surface area (Å²) in [6.07, 6.45) is -0.286. The van der Waals surface area contributed by atoms with Gasteiger partial charge in [-0.1, -0.05) is 6.07 Å². The number of rotatable bonds is 1. The van der Waals surface area contributed by atoms with E-state index in [1.165, 1.54) is 4.57 Å². The van der Waals surface area contributed by atoms with Gasteiger partial charge < -0.3 is 19.0 Å². The molecule has 0 N–H and O–H groups in total. The second-order valence-corrected chi connectivity index (χ2v) is 7.01. The Bertz CT molecular complexity index is 807. The van der Waals surface area contributed by atoms with E-state index in [1.54, 1.807) is 11.9 Å². The quantitative estimate of drug-likeness (QED) is 0.800. The molecule has 0 radical (unpaired) electrons. The molecule has 0 aliphatic carbocycles. The second kappa shape index (κ2) is 5.89. The number of benzene rings is 1. The molecule has 1 saturated heterocycles. The summed E-state index contributed by atoms with van der Waals surface area (Å²) >= 11 is 0. The van der Waals surface area contributed by atoms with E-state index in [2.05, 4.69) is 4.90 Å². The highest BCUT2D eigenvalue weighted by molar-refractivity contribution is 5.87. The Balaban J connectivity index is 1.75. The number of amides is 1. The average molecular weight is 333 g/mol. The van der Waals surface area contributed by atoms with Crippen molar-refractivity contribution >= 4 is 22.9 Å². The lowest BCUT2D eigenvalue weighted by molar-refractivity contribution is 0.0240.